The second-order valence-corrected chi connectivity index (χ2v) is 8.17. The number of hydrogen-bond acceptors (Lipinski definition) is 4. The Labute approximate surface area is 172 Å². The first kappa shape index (κ1) is 22.5. The summed E-state index contributed by atoms with van der Waals surface area (Å²) in [6, 6.07) is 7.01. The minimum absolute atomic E-state index is 0.0864. The largest absolute Gasteiger partial charge is 0.444 e. The molecule has 7 heteroatoms. The van der Waals surface area contributed by atoms with Crippen LogP contribution in [0.25, 0.3) is 0 Å². The Kier molecular flexibility index (Phi) is 8.24. The Morgan fingerprint density at radius 3 is 2.31 bits per heavy atom. The number of carbonyl (C=O) groups is 3. The highest BCUT2D eigenvalue weighted by molar-refractivity contribution is 6.03. The molecule has 0 aromatic heterocycles. The van der Waals surface area contributed by atoms with Crippen molar-refractivity contribution < 1.29 is 19.1 Å². The van der Waals surface area contributed by atoms with Gasteiger partial charge in [0.1, 0.15) is 5.60 Å². The molecule has 1 aromatic rings. The fourth-order valence-corrected chi connectivity index (χ4v) is 3.05. The number of benzene rings is 1. The second-order valence-electron chi connectivity index (χ2n) is 8.17. The number of alkyl carbamates (subject to hydrolysis) is 1. The van der Waals surface area contributed by atoms with Gasteiger partial charge in [0.05, 0.1) is 11.4 Å². The molecule has 0 aliphatic heterocycles. The minimum atomic E-state index is -0.588. The third kappa shape index (κ3) is 8.81. The van der Waals surface area contributed by atoms with Gasteiger partial charge in [0.2, 0.25) is 11.8 Å². The monoisotopic (exact) mass is 401 g/mol. The molecule has 0 saturated heterocycles. The van der Waals surface area contributed by atoms with Gasteiger partial charge in [0.25, 0.3) is 0 Å². The van der Waals surface area contributed by atoms with Crippen LogP contribution in [-0.4, -0.2) is 30.1 Å². The van der Waals surface area contributed by atoms with Gasteiger partial charge in [-0.1, -0.05) is 31.1 Å². The fraction of sp³-hybridized carbons (Fsp3) is 0.500. The molecular formula is C22H31N3O4. The number of allylic oxidation sites excluding steroid dienone is 1. The maximum atomic E-state index is 12.2. The number of para-hydroxylation sites is 2. The molecule has 29 heavy (non-hydrogen) atoms. The van der Waals surface area contributed by atoms with Crippen LogP contribution in [0.2, 0.25) is 0 Å². The van der Waals surface area contributed by atoms with Gasteiger partial charge in [-0.05, 0) is 57.7 Å². The molecule has 0 heterocycles. The van der Waals surface area contributed by atoms with E-state index in [1.807, 2.05) is 6.08 Å². The molecule has 0 atom stereocenters. The van der Waals surface area contributed by atoms with E-state index in [1.165, 1.54) is 12.8 Å². The molecule has 158 valence electrons. The Morgan fingerprint density at radius 2 is 1.69 bits per heavy atom. The minimum Gasteiger partial charge on any atom is -0.444 e. The van der Waals surface area contributed by atoms with E-state index in [2.05, 4.69) is 16.0 Å². The number of anilines is 2. The molecule has 2 rings (SSSR count). The molecule has 3 N–H and O–H groups in total. The number of hydrogen-bond donors (Lipinski definition) is 3. The zero-order valence-corrected chi connectivity index (χ0v) is 17.4. The van der Waals surface area contributed by atoms with E-state index in [-0.39, 0.29) is 24.8 Å². The summed E-state index contributed by atoms with van der Waals surface area (Å²) >= 11 is 0. The van der Waals surface area contributed by atoms with Crippen molar-refractivity contribution >= 4 is 29.3 Å². The Bertz CT molecular complexity index is 747. The first-order chi connectivity index (χ1) is 13.7. The smallest absolute Gasteiger partial charge is 0.407 e. The van der Waals surface area contributed by atoms with E-state index in [1.54, 1.807) is 51.1 Å². The Balaban J connectivity index is 1.82. The lowest BCUT2D eigenvalue weighted by molar-refractivity contribution is -0.116. The number of nitrogens with one attached hydrogen (secondary N) is 3. The van der Waals surface area contributed by atoms with Gasteiger partial charge in [0, 0.05) is 13.0 Å². The van der Waals surface area contributed by atoms with E-state index >= 15 is 0 Å². The fourth-order valence-electron chi connectivity index (χ4n) is 3.05. The molecule has 1 saturated carbocycles. The highest BCUT2D eigenvalue weighted by Gasteiger charge is 2.16. The van der Waals surface area contributed by atoms with Crippen molar-refractivity contribution in [2.75, 3.05) is 17.2 Å². The standard InChI is InChI=1S/C22H31N3O4/c1-22(2,3)29-21(28)23-15-14-20(27)25-18-11-7-6-10-17(18)24-19(26)13-12-16-8-4-5-9-16/h6-7,10-13,16H,4-5,8-9,14-15H2,1-3H3,(H,23,28)(H,24,26)(H,25,27)/b13-12+. The summed E-state index contributed by atoms with van der Waals surface area (Å²) in [7, 11) is 0. The van der Waals surface area contributed by atoms with Crippen LogP contribution in [0.3, 0.4) is 0 Å². The molecule has 0 bridgehead atoms. The van der Waals surface area contributed by atoms with Gasteiger partial charge in [-0.3, -0.25) is 9.59 Å². The normalized spacial score (nSPS) is 14.6. The van der Waals surface area contributed by atoms with Crippen molar-refractivity contribution in [2.45, 2.75) is 58.5 Å². The number of rotatable bonds is 7. The summed E-state index contributed by atoms with van der Waals surface area (Å²) in [5.41, 5.74) is 0.454. The summed E-state index contributed by atoms with van der Waals surface area (Å²) in [6.07, 6.45) is 7.75. The van der Waals surface area contributed by atoms with Crippen LogP contribution in [0, 0.1) is 5.92 Å². The maximum absolute atomic E-state index is 12.2. The third-order valence-corrected chi connectivity index (χ3v) is 4.40. The summed E-state index contributed by atoms with van der Waals surface area (Å²) in [4.78, 5) is 36.0. The molecule has 0 spiro atoms. The number of carbonyl (C=O) groups excluding carboxylic acids is 3. The van der Waals surface area contributed by atoms with Crippen molar-refractivity contribution in [3.05, 3.63) is 36.4 Å². The summed E-state index contributed by atoms with van der Waals surface area (Å²) in [6.45, 7) is 5.47. The highest BCUT2D eigenvalue weighted by atomic mass is 16.6. The average Bonchev–Trinajstić information content (AvgIpc) is 3.14. The predicted octanol–water partition coefficient (Wildman–Crippen LogP) is 4.22. The van der Waals surface area contributed by atoms with Crippen molar-refractivity contribution in [1.29, 1.82) is 0 Å². The lowest BCUT2D eigenvalue weighted by atomic mass is 10.1. The van der Waals surface area contributed by atoms with E-state index in [0.717, 1.165) is 12.8 Å². The van der Waals surface area contributed by atoms with Crippen LogP contribution in [0.15, 0.2) is 36.4 Å². The zero-order valence-electron chi connectivity index (χ0n) is 17.4. The zero-order chi connectivity index (χ0) is 21.3. The average molecular weight is 402 g/mol. The van der Waals surface area contributed by atoms with E-state index in [0.29, 0.717) is 17.3 Å². The van der Waals surface area contributed by atoms with Crippen molar-refractivity contribution in [3.63, 3.8) is 0 Å². The summed E-state index contributed by atoms with van der Waals surface area (Å²) < 4.78 is 5.12. The summed E-state index contributed by atoms with van der Waals surface area (Å²) in [5.74, 6) is -0.0115. The van der Waals surface area contributed by atoms with Crippen LogP contribution in [0.1, 0.15) is 52.9 Å². The Hall–Kier alpha value is -2.83. The number of amides is 3. The van der Waals surface area contributed by atoms with Gasteiger partial charge in [-0.15, -0.1) is 0 Å². The molecule has 1 aliphatic carbocycles. The molecule has 1 fully saturated rings. The van der Waals surface area contributed by atoms with Crippen molar-refractivity contribution in [3.8, 4) is 0 Å². The predicted molar refractivity (Wildman–Crippen MR) is 114 cm³/mol. The lowest BCUT2D eigenvalue weighted by Crippen LogP contribution is -2.34. The van der Waals surface area contributed by atoms with E-state index in [4.69, 9.17) is 4.74 Å². The first-order valence-electron chi connectivity index (χ1n) is 10.1. The molecule has 3 amide bonds. The van der Waals surface area contributed by atoms with Crippen LogP contribution in [0.4, 0.5) is 16.2 Å². The molecule has 1 aliphatic rings. The molecule has 1 aromatic carbocycles. The summed E-state index contributed by atoms with van der Waals surface area (Å²) in [5, 5.41) is 8.12. The number of ether oxygens (including phenoxy) is 1. The third-order valence-electron chi connectivity index (χ3n) is 4.40. The molecule has 0 radical (unpaired) electrons. The van der Waals surface area contributed by atoms with Gasteiger partial charge in [-0.25, -0.2) is 4.79 Å². The molecule has 0 unspecified atom stereocenters. The van der Waals surface area contributed by atoms with Gasteiger partial charge in [0.15, 0.2) is 0 Å². The van der Waals surface area contributed by atoms with Gasteiger partial charge >= 0.3 is 6.09 Å². The van der Waals surface area contributed by atoms with Crippen molar-refractivity contribution in [1.82, 2.24) is 5.32 Å². The van der Waals surface area contributed by atoms with Crippen LogP contribution in [0.5, 0.6) is 0 Å². The second kappa shape index (κ2) is 10.6. The van der Waals surface area contributed by atoms with Crippen molar-refractivity contribution in [2.24, 2.45) is 5.92 Å². The van der Waals surface area contributed by atoms with Crippen LogP contribution >= 0.6 is 0 Å². The van der Waals surface area contributed by atoms with Crippen LogP contribution < -0.4 is 16.0 Å². The Morgan fingerprint density at radius 1 is 1.07 bits per heavy atom. The van der Waals surface area contributed by atoms with E-state index in [9.17, 15) is 14.4 Å². The first-order valence-corrected chi connectivity index (χ1v) is 10.1. The maximum Gasteiger partial charge on any atom is 0.407 e. The molecule has 7 nitrogen and oxygen atoms in total. The van der Waals surface area contributed by atoms with E-state index < -0.39 is 11.7 Å². The lowest BCUT2D eigenvalue weighted by Gasteiger charge is -2.19. The topological polar surface area (TPSA) is 96.5 Å². The van der Waals surface area contributed by atoms with Gasteiger partial charge in [-0.2, -0.15) is 0 Å². The molecular weight excluding hydrogens is 370 g/mol. The van der Waals surface area contributed by atoms with Gasteiger partial charge < -0.3 is 20.7 Å². The highest BCUT2D eigenvalue weighted by Crippen LogP contribution is 2.26. The SMILES string of the molecule is CC(C)(C)OC(=O)NCCC(=O)Nc1ccccc1NC(=O)/C=C/C1CCCC1. The van der Waals surface area contributed by atoms with Crippen LogP contribution in [-0.2, 0) is 14.3 Å². The quantitative estimate of drug-likeness (QED) is 0.596.